The predicted molar refractivity (Wildman–Crippen MR) is 82.4 cm³/mol. The third-order valence-electron chi connectivity index (χ3n) is 3.24. The maximum Gasteiger partial charge on any atom is 0.137 e. The molecule has 0 fully saturated rings. The zero-order chi connectivity index (χ0) is 14.1. The molecule has 0 aliphatic carbocycles. The highest BCUT2D eigenvalue weighted by atomic mass is 79.9. The lowest BCUT2D eigenvalue weighted by Crippen LogP contribution is -1.93. The number of aryl methyl sites for hydroxylation is 1. The number of fused-ring (bicyclic) bond motifs is 1. The van der Waals surface area contributed by atoms with E-state index in [1.807, 2.05) is 53.9 Å². The molecule has 0 spiro atoms. The van der Waals surface area contributed by atoms with Crippen LogP contribution in [0.2, 0.25) is 0 Å². The van der Waals surface area contributed by atoms with E-state index in [4.69, 9.17) is 5.26 Å². The number of benzene rings is 1. The molecule has 2 heterocycles. The van der Waals surface area contributed by atoms with Gasteiger partial charge in [-0.25, -0.2) is 4.98 Å². The van der Waals surface area contributed by atoms with Crippen LogP contribution in [-0.4, -0.2) is 9.38 Å². The van der Waals surface area contributed by atoms with Gasteiger partial charge in [0.25, 0.3) is 0 Å². The average molecular weight is 326 g/mol. The first kappa shape index (κ1) is 12.9. The minimum atomic E-state index is 0.343. The summed E-state index contributed by atoms with van der Waals surface area (Å²) >= 11 is 3.43. The first-order valence-corrected chi connectivity index (χ1v) is 7.09. The van der Waals surface area contributed by atoms with E-state index in [9.17, 15) is 0 Å². The van der Waals surface area contributed by atoms with Crippen molar-refractivity contribution in [1.29, 1.82) is 5.26 Å². The van der Waals surface area contributed by atoms with Crippen molar-refractivity contribution in [3.05, 3.63) is 58.3 Å². The maximum atomic E-state index is 9.07. The van der Waals surface area contributed by atoms with Gasteiger partial charge in [0.05, 0.1) is 23.9 Å². The van der Waals surface area contributed by atoms with Gasteiger partial charge in [-0.2, -0.15) is 5.26 Å². The number of pyridine rings is 1. The van der Waals surface area contributed by atoms with E-state index in [1.54, 1.807) is 0 Å². The van der Waals surface area contributed by atoms with Gasteiger partial charge in [0.15, 0.2) is 0 Å². The second-order valence-electron chi connectivity index (χ2n) is 4.68. The molecule has 2 aromatic heterocycles. The molecule has 4 heteroatoms. The van der Waals surface area contributed by atoms with Gasteiger partial charge in [-0.1, -0.05) is 28.1 Å². The first-order valence-electron chi connectivity index (χ1n) is 6.29. The number of rotatable bonds is 2. The SMILES string of the molecule is Cc1ccn2c(CC#N)c(-c3ccc(Br)cc3)nc2c1. The van der Waals surface area contributed by atoms with Crippen LogP contribution in [0.5, 0.6) is 0 Å². The van der Waals surface area contributed by atoms with Crippen LogP contribution in [-0.2, 0) is 6.42 Å². The molecule has 0 bridgehead atoms. The minimum absolute atomic E-state index is 0.343. The number of hydrogen-bond acceptors (Lipinski definition) is 2. The van der Waals surface area contributed by atoms with Gasteiger partial charge in [0.2, 0.25) is 0 Å². The Morgan fingerprint density at radius 2 is 2.00 bits per heavy atom. The number of nitriles is 1. The molecule has 0 unspecified atom stereocenters. The summed E-state index contributed by atoms with van der Waals surface area (Å²) in [5.41, 5.74) is 4.89. The van der Waals surface area contributed by atoms with Crippen molar-refractivity contribution in [2.24, 2.45) is 0 Å². The molecular weight excluding hydrogens is 314 g/mol. The fourth-order valence-corrected chi connectivity index (χ4v) is 2.54. The fraction of sp³-hybridized carbons (Fsp3) is 0.125. The second kappa shape index (κ2) is 5.10. The molecule has 1 aromatic carbocycles. The molecule has 0 aliphatic rings. The van der Waals surface area contributed by atoms with Crippen LogP contribution in [0.15, 0.2) is 47.1 Å². The molecule has 20 heavy (non-hydrogen) atoms. The zero-order valence-corrected chi connectivity index (χ0v) is 12.6. The van der Waals surface area contributed by atoms with E-state index in [0.717, 1.165) is 32.6 Å². The van der Waals surface area contributed by atoms with Gasteiger partial charge < -0.3 is 4.40 Å². The molecular formula is C16H12BrN3. The Bertz CT molecular complexity index is 810. The van der Waals surface area contributed by atoms with Crippen LogP contribution in [0.3, 0.4) is 0 Å². The summed E-state index contributed by atoms with van der Waals surface area (Å²) in [5, 5.41) is 9.07. The molecule has 0 atom stereocenters. The highest BCUT2D eigenvalue weighted by Crippen LogP contribution is 2.26. The topological polar surface area (TPSA) is 41.1 Å². The summed E-state index contributed by atoms with van der Waals surface area (Å²) in [5.74, 6) is 0. The Balaban J connectivity index is 2.26. The van der Waals surface area contributed by atoms with E-state index in [2.05, 4.69) is 27.0 Å². The Morgan fingerprint density at radius 1 is 1.25 bits per heavy atom. The van der Waals surface area contributed by atoms with Crippen molar-refractivity contribution in [2.45, 2.75) is 13.3 Å². The molecule has 0 aliphatic heterocycles. The van der Waals surface area contributed by atoms with Crippen LogP contribution in [0.25, 0.3) is 16.9 Å². The van der Waals surface area contributed by atoms with Gasteiger partial charge in [-0.05, 0) is 36.8 Å². The normalized spacial score (nSPS) is 10.7. The minimum Gasteiger partial charge on any atom is -0.302 e. The van der Waals surface area contributed by atoms with E-state index >= 15 is 0 Å². The van der Waals surface area contributed by atoms with Crippen LogP contribution in [0.1, 0.15) is 11.3 Å². The molecule has 3 aromatic rings. The highest BCUT2D eigenvalue weighted by molar-refractivity contribution is 9.10. The number of hydrogen-bond donors (Lipinski definition) is 0. The van der Waals surface area contributed by atoms with Gasteiger partial charge in [0, 0.05) is 16.2 Å². The molecule has 0 saturated carbocycles. The predicted octanol–water partition coefficient (Wildman–Crippen LogP) is 4.14. The number of halogens is 1. The molecule has 3 rings (SSSR count). The summed E-state index contributed by atoms with van der Waals surface area (Å²) in [6.07, 6.45) is 2.32. The second-order valence-corrected chi connectivity index (χ2v) is 5.60. The summed E-state index contributed by atoms with van der Waals surface area (Å²) in [4.78, 5) is 4.69. The zero-order valence-electron chi connectivity index (χ0n) is 11.0. The van der Waals surface area contributed by atoms with Crippen molar-refractivity contribution in [3.63, 3.8) is 0 Å². The van der Waals surface area contributed by atoms with Crippen LogP contribution in [0, 0.1) is 18.3 Å². The quantitative estimate of drug-likeness (QED) is 0.710. The summed E-state index contributed by atoms with van der Waals surface area (Å²) in [7, 11) is 0. The summed E-state index contributed by atoms with van der Waals surface area (Å²) in [6, 6.07) is 14.3. The molecule has 0 amide bonds. The van der Waals surface area contributed by atoms with E-state index in [0.29, 0.717) is 6.42 Å². The van der Waals surface area contributed by atoms with Crippen LogP contribution >= 0.6 is 15.9 Å². The lowest BCUT2D eigenvalue weighted by Gasteiger charge is -2.02. The van der Waals surface area contributed by atoms with Crippen LogP contribution in [0.4, 0.5) is 0 Å². The molecule has 98 valence electrons. The average Bonchev–Trinajstić information content (AvgIpc) is 2.78. The largest absolute Gasteiger partial charge is 0.302 e. The highest BCUT2D eigenvalue weighted by Gasteiger charge is 2.13. The van der Waals surface area contributed by atoms with E-state index in [-0.39, 0.29) is 0 Å². The maximum absolute atomic E-state index is 9.07. The van der Waals surface area contributed by atoms with E-state index in [1.165, 1.54) is 0 Å². The Labute approximate surface area is 125 Å². The van der Waals surface area contributed by atoms with Crippen molar-refractivity contribution in [3.8, 4) is 17.3 Å². The third-order valence-corrected chi connectivity index (χ3v) is 3.77. The van der Waals surface area contributed by atoms with Crippen LogP contribution < -0.4 is 0 Å². The fourth-order valence-electron chi connectivity index (χ4n) is 2.28. The van der Waals surface area contributed by atoms with Crippen molar-refractivity contribution < 1.29 is 0 Å². The third kappa shape index (κ3) is 2.21. The Hall–Kier alpha value is -2.12. The summed E-state index contributed by atoms with van der Waals surface area (Å²) < 4.78 is 3.02. The van der Waals surface area contributed by atoms with Crippen molar-refractivity contribution in [1.82, 2.24) is 9.38 Å². The molecule has 0 N–H and O–H groups in total. The van der Waals surface area contributed by atoms with E-state index < -0.39 is 0 Å². The number of aromatic nitrogens is 2. The van der Waals surface area contributed by atoms with Gasteiger partial charge in [-0.15, -0.1) is 0 Å². The number of imidazole rings is 1. The molecule has 0 saturated heterocycles. The lowest BCUT2D eigenvalue weighted by atomic mass is 10.1. The Kier molecular flexibility index (Phi) is 3.29. The van der Waals surface area contributed by atoms with Gasteiger partial charge >= 0.3 is 0 Å². The van der Waals surface area contributed by atoms with Gasteiger partial charge in [0.1, 0.15) is 5.65 Å². The Morgan fingerprint density at radius 3 is 2.70 bits per heavy atom. The van der Waals surface area contributed by atoms with Crippen molar-refractivity contribution in [2.75, 3.05) is 0 Å². The summed E-state index contributed by atoms with van der Waals surface area (Å²) in [6.45, 7) is 2.04. The lowest BCUT2D eigenvalue weighted by molar-refractivity contribution is 1.05. The molecule has 0 radical (unpaired) electrons. The monoisotopic (exact) mass is 325 g/mol. The standard InChI is InChI=1S/C16H12BrN3/c1-11-7-9-20-14(6-8-18)16(19-15(20)10-11)12-2-4-13(17)5-3-12/h2-5,7,9-10H,6H2,1H3. The van der Waals surface area contributed by atoms with Crippen molar-refractivity contribution >= 4 is 21.6 Å². The molecule has 3 nitrogen and oxygen atoms in total. The number of nitrogens with zero attached hydrogens (tertiary/aromatic N) is 3. The van der Waals surface area contributed by atoms with Gasteiger partial charge in [-0.3, -0.25) is 0 Å². The smallest absolute Gasteiger partial charge is 0.137 e. The first-order chi connectivity index (χ1) is 9.69.